The topological polar surface area (TPSA) is 85.3 Å². The lowest BCUT2D eigenvalue weighted by Gasteiger charge is -2.29. The number of carbonyl (C=O) groups is 1. The van der Waals surface area contributed by atoms with Crippen molar-refractivity contribution in [2.45, 2.75) is 18.8 Å². The van der Waals surface area contributed by atoms with Crippen LogP contribution in [0.1, 0.15) is 35.2 Å². The van der Waals surface area contributed by atoms with Crippen LogP contribution in [-0.4, -0.2) is 39.0 Å². The summed E-state index contributed by atoms with van der Waals surface area (Å²) in [6, 6.07) is 7.10. The number of hydrogen-bond donors (Lipinski definition) is 0. The molecule has 24 heavy (non-hydrogen) atoms. The van der Waals surface area contributed by atoms with E-state index in [0.717, 1.165) is 18.4 Å². The zero-order valence-electron chi connectivity index (χ0n) is 13.0. The molecule has 4 heterocycles. The molecule has 1 amide bonds. The molecule has 4 rings (SSSR count). The van der Waals surface area contributed by atoms with Gasteiger partial charge in [-0.3, -0.25) is 9.78 Å². The molecule has 7 nitrogen and oxygen atoms in total. The highest BCUT2D eigenvalue weighted by molar-refractivity contribution is 5.91. The molecule has 0 N–H and O–H groups in total. The number of likely N-dealkylation sites (tertiary alicyclic amines) is 1. The monoisotopic (exact) mass is 324 g/mol. The highest BCUT2D eigenvalue weighted by Gasteiger charge is 2.28. The van der Waals surface area contributed by atoms with Gasteiger partial charge in [-0.2, -0.15) is 4.98 Å². The zero-order chi connectivity index (χ0) is 16.4. The summed E-state index contributed by atoms with van der Waals surface area (Å²) in [6.07, 6.45) is 6.50. The number of aromatic nitrogens is 3. The highest BCUT2D eigenvalue weighted by atomic mass is 16.5. The molecule has 3 aromatic heterocycles. The molecule has 0 aliphatic carbocycles. The van der Waals surface area contributed by atoms with Crippen molar-refractivity contribution >= 4 is 5.91 Å². The standard InChI is InChI=1S/C17H16N4O3/c22-17(14-2-1-11-23-14)21-9-5-13(6-10-21)16-19-15(20-24-16)12-3-7-18-8-4-12/h1-4,7-8,11,13H,5-6,9-10H2. The molecule has 0 bridgehead atoms. The van der Waals surface area contributed by atoms with E-state index in [4.69, 9.17) is 8.94 Å². The lowest BCUT2D eigenvalue weighted by Crippen LogP contribution is -2.37. The number of carbonyl (C=O) groups excluding carboxylic acids is 1. The molecule has 1 fully saturated rings. The molecule has 0 aromatic carbocycles. The van der Waals surface area contributed by atoms with Crippen LogP contribution in [0.3, 0.4) is 0 Å². The van der Waals surface area contributed by atoms with Gasteiger partial charge in [-0.15, -0.1) is 0 Å². The fraction of sp³-hybridized carbons (Fsp3) is 0.294. The Morgan fingerprint density at radius 1 is 1.17 bits per heavy atom. The molecule has 122 valence electrons. The van der Waals surface area contributed by atoms with Gasteiger partial charge in [0, 0.05) is 37.0 Å². The van der Waals surface area contributed by atoms with Crippen molar-refractivity contribution in [2.75, 3.05) is 13.1 Å². The molecule has 3 aromatic rings. The van der Waals surface area contributed by atoms with Gasteiger partial charge in [0.25, 0.3) is 5.91 Å². The minimum atomic E-state index is -0.0681. The van der Waals surface area contributed by atoms with Crippen LogP contribution in [0.25, 0.3) is 11.4 Å². The van der Waals surface area contributed by atoms with Crippen molar-refractivity contribution in [2.24, 2.45) is 0 Å². The van der Waals surface area contributed by atoms with E-state index < -0.39 is 0 Å². The molecule has 1 aliphatic rings. The Balaban J connectivity index is 1.41. The van der Waals surface area contributed by atoms with Crippen LogP contribution < -0.4 is 0 Å². The molecule has 1 aliphatic heterocycles. The summed E-state index contributed by atoms with van der Waals surface area (Å²) in [7, 11) is 0. The summed E-state index contributed by atoms with van der Waals surface area (Å²) in [5, 5.41) is 4.05. The first kappa shape index (κ1) is 14.6. The number of piperidine rings is 1. The predicted octanol–water partition coefficient (Wildman–Crippen LogP) is 2.74. The Morgan fingerprint density at radius 3 is 2.67 bits per heavy atom. The molecule has 7 heteroatoms. The largest absolute Gasteiger partial charge is 0.459 e. The highest BCUT2D eigenvalue weighted by Crippen LogP contribution is 2.29. The predicted molar refractivity (Wildman–Crippen MR) is 84.1 cm³/mol. The quantitative estimate of drug-likeness (QED) is 0.736. The fourth-order valence-corrected chi connectivity index (χ4v) is 2.90. The minimum absolute atomic E-state index is 0.0681. The van der Waals surface area contributed by atoms with Crippen LogP contribution >= 0.6 is 0 Å². The molecule has 1 saturated heterocycles. The third kappa shape index (κ3) is 2.80. The average molecular weight is 324 g/mol. The van der Waals surface area contributed by atoms with Crippen LogP contribution in [-0.2, 0) is 0 Å². The number of amides is 1. The van der Waals surface area contributed by atoms with E-state index in [1.165, 1.54) is 6.26 Å². The van der Waals surface area contributed by atoms with E-state index in [1.807, 2.05) is 12.1 Å². The number of rotatable bonds is 3. The van der Waals surface area contributed by atoms with Crippen molar-refractivity contribution in [1.82, 2.24) is 20.0 Å². The van der Waals surface area contributed by atoms with E-state index in [1.54, 1.807) is 29.4 Å². The first-order valence-corrected chi connectivity index (χ1v) is 7.88. The van der Waals surface area contributed by atoms with Crippen LogP contribution in [0, 0.1) is 0 Å². The van der Waals surface area contributed by atoms with Crippen LogP contribution in [0.2, 0.25) is 0 Å². The lowest BCUT2D eigenvalue weighted by atomic mass is 9.96. The van der Waals surface area contributed by atoms with Gasteiger partial charge in [0.1, 0.15) is 0 Å². The summed E-state index contributed by atoms with van der Waals surface area (Å²) in [5.41, 5.74) is 0.880. The SMILES string of the molecule is O=C(c1ccco1)N1CCC(c2nc(-c3ccncc3)no2)CC1. The van der Waals surface area contributed by atoms with Crippen LogP contribution in [0.15, 0.2) is 51.9 Å². The molecule has 0 spiro atoms. The van der Waals surface area contributed by atoms with Gasteiger partial charge in [0.05, 0.1) is 6.26 Å². The van der Waals surface area contributed by atoms with Crippen molar-refractivity contribution in [3.8, 4) is 11.4 Å². The van der Waals surface area contributed by atoms with E-state index in [2.05, 4.69) is 15.1 Å². The van der Waals surface area contributed by atoms with Crippen LogP contribution in [0.5, 0.6) is 0 Å². The van der Waals surface area contributed by atoms with Gasteiger partial charge in [-0.25, -0.2) is 0 Å². The minimum Gasteiger partial charge on any atom is -0.459 e. The second-order valence-corrected chi connectivity index (χ2v) is 5.74. The summed E-state index contributed by atoms with van der Waals surface area (Å²) in [5.74, 6) is 1.69. The normalized spacial score (nSPS) is 15.6. The van der Waals surface area contributed by atoms with Gasteiger partial charge in [0.2, 0.25) is 11.7 Å². The first-order valence-electron chi connectivity index (χ1n) is 7.88. The Morgan fingerprint density at radius 2 is 1.96 bits per heavy atom. The van der Waals surface area contributed by atoms with E-state index in [9.17, 15) is 4.79 Å². The van der Waals surface area contributed by atoms with Gasteiger partial charge in [-0.1, -0.05) is 5.16 Å². The Bertz CT molecular complexity index is 806. The molecular formula is C17H16N4O3. The number of nitrogens with zero attached hydrogens (tertiary/aromatic N) is 4. The summed E-state index contributed by atoms with van der Waals surface area (Å²) in [4.78, 5) is 22.5. The third-order valence-corrected chi connectivity index (χ3v) is 4.24. The fourth-order valence-electron chi connectivity index (χ4n) is 2.90. The third-order valence-electron chi connectivity index (χ3n) is 4.24. The van der Waals surface area contributed by atoms with Crippen molar-refractivity contribution in [3.63, 3.8) is 0 Å². The Hall–Kier alpha value is -2.96. The van der Waals surface area contributed by atoms with Crippen molar-refractivity contribution < 1.29 is 13.7 Å². The lowest BCUT2D eigenvalue weighted by molar-refractivity contribution is 0.0672. The Kier molecular flexibility index (Phi) is 3.82. The molecule has 0 saturated carbocycles. The second-order valence-electron chi connectivity index (χ2n) is 5.74. The van der Waals surface area contributed by atoms with Gasteiger partial charge in [-0.05, 0) is 37.1 Å². The number of pyridine rings is 1. The van der Waals surface area contributed by atoms with Gasteiger partial charge in [0.15, 0.2) is 5.76 Å². The summed E-state index contributed by atoms with van der Waals surface area (Å²) >= 11 is 0. The zero-order valence-corrected chi connectivity index (χ0v) is 13.0. The first-order chi connectivity index (χ1) is 11.8. The van der Waals surface area contributed by atoms with Crippen LogP contribution in [0.4, 0.5) is 0 Å². The molecule has 0 atom stereocenters. The molecular weight excluding hydrogens is 308 g/mol. The summed E-state index contributed by atoms with van der Waals surface area (Å²) < 4.78 is 10.6. The number of hydrogen-bond acceptors (Lipinski definition) is 6. The molecule has 0 unspecified atom stereocenters. The smallest absolute Gasteiger partial charge is 0.289 e. The maximum Gasteiger partial charge on any atom is 0.289 e. The van der Waals surface area contributed by atoms with Gasteiger partial charge < -0.3 is 13.8 Å². The van der Waals surface area contributed by atoms with E-state index in [0.29, 0.717) is 30.6 Å². The number of furan rings is 1. The second kappa shape index (κ2) is 6.27. The van der Waals surface area contributed by atoms with Gasteiger partial charge >= 0.3 is 0 Å². The van der Waals surface area contributed by atoms with E-state index in [-0.39, 0.29) is 11.8 Å². The van der Waals surface area contributed by atoms with Crippen molar-refractivity contribution in [1.29, 1.82) is 0 Å². The maximum absolute atomic E-state index is 12.3. The average Bonchev–Trinajstić information content (AvgIpc) is 3.34. The van der Waals surface area contributed by atoms with E-state index >= 15 is 0 Å². The molecule has 0 radical (unpaired) electrons. The van der Waals surface area contributed by atoms with Crippen molar-refractivity contribution in [3.05, 3.63) is 54.6 Å². The maximum atomic E-state index is 12.3. The summed E-state index contributed by atoms with van der Waals surface area (Å²) in [6.45, 7) is 1.30. The Labute approximate surface area is 138 Å².